The van der Waals surface area contributed by atoms with Crippen molar-refractivity contribution in [2.45, 2.75) is 45.0 Å². The van der Waals surface area contributed by atoms with Crippen LogP contribution in [0, 0.1) is 0 Å². The molecule has 0 atom stereocenters. The quantitative estimate of drug-likeness (QED) is 0.601. The molecular formula is C8H16F2O. The minimum absolute atomic E-state index is 0.0293. The first kappa shape index (κ1) is 10.8. The van der Waals surface area contributed by atoms with Gasteiger partial charge in [-0.1, -0.05) is 12.8 Å². The molecule has 0 spiro atoms. The molecule has 1 N–H and O–H groups in total. The van der Waals surface area contributed by atoms with Gasteiger partial charge >= 0.3 is 0 Å². The molecule has 0 aromatic carbocycles. The number of halogens is 2. The van der Waals surface area contributed by atoms with Crippen LogP contribution < -0.4 is 0 Å². The smallest absolute Gasteiger partial charge is 0.245 e. The number of hydrogen-bond acceptors (Lipinski definition) is 1. The summed E-state index contributed by atoms with van der Waals surface area (Å²) in [6.45, 7) is 1.11. The van der Waals surface area contributed by atoms with E-state index in [4.69, 9.17) is 5.11 Å². The molecule has 0 saturated heterocycles. The van der Waals surface area contributed by atoms with Gasteiger partial charge < -0.3 is 5.11 Å². The van der Waals surface area contributed by atoms with Crippen LogP contribution in [0.2, 0.25) is 0 Å². The highest BCUT2D eigenvalue weighted by Crippen LogP contribution is 2.20. The molecule has 0 aliphatic rings. The molecule has 11 heavy (non-hydrogen) atoms. The highest BCUT2D eigenvalue weighted by atomic mass is 19.3. The molecule has 0 aromatic rings. The minimum Gasteiger partial charge on any atom is -0.396 e. The average Bonchev–Trinajstić information content (AvgIpc) is 1.85. The van der Waals surface area contributed by atoms with Crippen molar-refractivity contribution in [3.63, 3.8) is 0 Å². The fourth-order valence-corrected chi connectivity index (χ4v) is 0.901. The third-order valence-corrected chi connectivity index (χ3v) is 1.52. The van der Waals surface area contributed by atoms with Gasteiger partial charge in [0.25, 0.3) is 0 Å². The van der Waals surface area contributed by atoms with Crippen LogP contribution in [-0.4, -0.2) is 17.6 Å². The Labute approximate surface area is 66.4 Å². The third kappa shape index (κ3) is 9.82. The standard InChI is InChI=1S/C8H16F2O/c1-8(9,10)6-4-2-3-5-7-11/h11H,2-7H2,1H3. The molecule has 0 aromatic heterocycles. The molecule has 1 nitrogen and oxygen atoms in total. The Morgan fingerprint density at radius 2 is 1.64 bits per heavy atom. The van der Waals surface area contributed by atoms with Crippen LogP contribution in [0.25, 0.3) is 0 Å². The van der Waals surface area contributed by atoms with E-state index < -0.39 is 5.92 Å². The summed E-state index contributed by atoms with van der Waals surface area (Å²) < 4.78 is 24.4. The second kappa shape index (κ2) is 5.47. The molecule has 0 aliphatic heterocycles. The fraction of sp³-hybridized carbons (Fsp3) is 1.00. The second-order valence-electron chi connectivity index (χ2n) is 2.96. The van der Waals surface area contributed by atoms with Gasteiger partial charge in [0.15, 0.2) is 0 Å². The summed E-state index contributed by atoms with van der Waals surface area (Å²) in [5, 5.41) is 8.38. The fourth-order valence-electron chi connectivity index (χ4n) is 0.901. The van der Waals surface area contributed by atoms with E-state index >= 15 is 0 Å². The van der Waals surface area contributed by atoms with Crippen molar-refractivity contribution in [2.75, 3.05) is 6.61 Å². The van der Waals surface area contributed by atoms with E-state index in [1.54, 1.807) is 0 Å². The lowest BCUT2D eigenvalue weighted by molar-refractivity contribution is 0.0103. The molecule has 0 aliphatic carbocycles. The Morgan fingerprint density at radius 3 is 2.09 bits per heavy atom. The van der Waals surface area contributed by atoms with Crippen molar-refractivity contribution in [3.05, 3.63) is 0 Å². The van der Waals surface area contributed by atoms with E-state index in [1.807, 2.05) is 0 Å². The lowest BCUT2D eigenvalue weighted by Gasteiger charge is -2.08. The number of hydrogen-bond donors (Lipinski definition) is 1. The zero-order chi connectivity index (χ0) is 8.74. The van der Waals surface area contributed by atoms with Gasteiger partial charge in [-0.2, -0.15) is 0 Å². The topological polar surface area (TPSA) is 20.2 Å². The largest absolute Gasteiger partial charge is 0.396 e. The maximum atomic E-state index is 12.2. The first-order valence-electron chi connectivity index (χ1n) is 4.05. The van der Waals surface area contributed by atoms with E-state index in [9.17, 15) is 8.78 Å². The van der Waals surface area contributed by atoms with Gasteiger partial charge in [-0.05, 0) is 19.8 Å². The molecule has 0 amide bonds. The van der Waals surface area contributed by atoms with Gasteiger partial charge in [0.05, 0.1) is 0 Å². The SMILES string of the molecule is CC(F)(F)CCCCCCO. The summed E-state index contributed by atoms with van der Waals surface area (Å²) in [4.78, 5) is 0. The number of unbranched alkanes of at least 4 members (excludes halogenated alkanes) is 3. The van der Waals surface area contributed by atoms with Crippen LogP contribution in [-0.2, 0) is 0 Å². The monoisotopic (exact) mass is 166 g/mol. The number of rotatable bonds is 6. The zero-order valence-electron chi connectivity index (χ0n) is 6.95. The predicted molar refractivity (Wildman–Crippen MR) is 40.8 cm³/mol. The van der Waals surface area contributed by atoms with Crippen LogP contribution in [0.15, 0.2) is 0 Å². The molecule has 0 rings (SSSR count). The molecule has 0 heterocycles. The average molecular weight is 166 g/mol. The number of aliphatic hydroxyl groups excluding tert-OH is 1. The lowest BCUT2D eigenvalue weighted by atomic mass is 10.1. The van der Waals surface area contributed by atoms with E-state index in [-0.39, 0.29) is 13.0 Å². The second-order valence-corrected chi connectivity index (χ2v) is 2.96. The van der Waals surface area contributed by atoms with Crippen molar-refractivity contribution in [1.29, 1.82) is 0 Å². The minimum atomic E-state index is -2.51. The van der Waals surface area contributed by atoms with E-state index in [1.165, 1.54) is 0 Å². The summed E-state index contributed by atoms with van der Waals surface area (Å²) in [6.07, 6.45) is 2.91. The highest BCUT2D eigenvalue weighted by Gasteiger charge is 2.19. The number of alkyl halides is 2. The van der Waals surface area contributed by atoms with Crippen molar-refractivity contribution >= 4 is 0 Å². The van der Waals surface area contributed by atoms with Crippen molar-refractivity contribution < 1.29 is 13.9 Å². The first-order chi connectivity index (χ1) is 5.06. The van der Waals surface area contributed by atoms with Crippen LogP contribution >= 0.6 is 0 Å². The summed E-state index contributed by atoms with van der Waals surface area (Å²) in [5.74, 6) is -2.51. The molecule has 3 heteroatoms. The lowest BCUT2D eigenvalue weighted by Crippen LogP contribution is -2.08. The summed E-state index contributed by atoms with van der Waals surface area (Å²) >= 11 is 0. The van der Waals surface area contributed by atoms with E-state index in [2.05, 4.69) is 0 Å². The van der Waals surface area contributed by atoms with Crippen LogP contribution in [0.4, 0.5) is 8.78 Å². The van der Waals surface area contributed by atoms with Crippen molar-refractivity contribution in [1.82, 2.24) is 0 Å². The first-order valence-corrected chi connectivity index (χ1v) is 4.05. The van der Waals surface area contributed by atoms with Gasteiger partial charge in [-0.25, -0.2) is 8.78 Å². The van der Waals surface area contributed by atoms with E-state index in [0.717, 1.165) is 26.2 Å². The Bertz CT molecular complexity index is 88.6. The predicted octanol–water partition coefficient (Wildman–Crippen LogP) is 2.58. The molecular weight excluding hydrogens is 150 g/mol. The highest BCUT2D eigenvalue weighted by molar-refractivity contribution is 4.57. The van der Waals surface area contributed by atoms with Gasteiger partial charge in [-0.3, -0.25) is 0 Å². The maximum Gasteiger partial charge on any atom is 0.245 e. The van der Waals surface area contributed by atoms with Gasteiger partial charge in [-0.15, -0.1) is 0 Å². The molecule has 0 unspecified atom stereocenters. The molecule has 0 saturated carbocycles. The molecule has 0 fully saturated rings. The maximum absolute atomic E-state index is 12.2. The van der Waals surface area contributed by atoms with Gasteiger partial charge in [0, 0.05) is 13.0 Å². The van der Waals surface area contributed by atoms with Crippen LogP contribution in [0.5, 0.6) is 0 Å². The molecule has 68 valence electrons. The van der Waals surface area contributed by atoms with Gasteiger partial charge in [0.2, 0.25) is 5.92 Å². The summed E-state index contributed by atoms with van der Waals surface area (Å²) in [6, 6.07) is 0. The van der Waals surface area contributed by atoms with Crippen molar-refractivity contribution in [3.8, 4) is 0 Å². The normalized spacial score (nSPS) is 12.0. The molecule has 0 bridgehead atoms. The number of aliphatic hydroxyl groups is 1. The van der Waals surface area contributed by atoms with Crippen LogP contribution in [0.3, 0.4) is 0 Å². The van der Waals surface area contributed by atoms with Crippen molar-refractivity contribution in [2.24, 2.45) is 0 Å². The third-order valence-electron chi connectivity index (χ3n) is 1.52. The van der Waals surface area contributed by atoms with Gasteiger partial charge in [0.1, 0.15) is 0 Å². The Morgan fingerprint density at radius 1 is 1.09 bits per heavy atom. The Hall–Kier alpha value is -0.180. The zero-order valence-corrected chi connectivity index (χ0v) is 6.95. The summed E-state index contributed by atoms with van der Waals surface area (Å²) in [5.41, 5.74) is 0. The van der Waals surface area contributed by atoms with E-state index in [0.29, 0.717) is 6.42 Å². The Kier molecular flexibility index (Phi) is 5.38. The van der Waals surface area contributed by atoms with Crippen LogP contribution in [0.1, 0.15) is 39.0 Å². The molecule has 0 radical (unpaired) electrons. The Balaban J connectivity index is 3.02. The summed E-state index contributed by atoms with van der Waals surface area (Å²) in [7, 11) is 0.